The van der Waals surface area contributed by atoms with Gasteiger partial charge in [-0.2, -0.15) is 0 Å². The molecule has 3 nitrogen and oxygen atoms in total. The standard InChI is InChI=1S/C17H18BrNO2/c1-11(10-20)9-19-14-4-3-5-16(21-2)17(14)13-7-6-12(18)8-15(13)19/h3-8,11,20H,9-10H2,1-2H3/t11-/m0/s1. The molecule has 0 aliphatic heterocycles. The van der Waals surface area contributed by atoms with E-state index >= 15 is 0 Å². The van der Waals surface area contributed by atoms with E-state index in [9.17, 15) is 5.11 Å². The van der Waals surface area contributed by atoms with Gasteiger partial charge in [0.25, 0.3) is 0 Å². The predicted molar refractivity (Wildman–Crippen MR) is 89.9 cm³/mol. The number of aliphatic hydroxyl groups excluding tert-OH is 1. The second-order valence-electron chi connectivity index (χ2n) is 5.41. The molecule has 0 saturated heterocycles. The third-order valence-electron chi connectivity index (χ3n) is 3.84. The molecule has 0 fully saturated rings. The van der Waals surface area contributed by atoms with Crippen LogP contribution in [0, 0.1) is 5.92 Å². The summed E-state index contributed by atoms with van der Waals surface area (Å²) < 4.78 is 8.85. The molecule has 0 aliphatic rings. The Hall–Kier alpha value is -1.52. The van der Waals surface area contributed by atoms with E-state index < -0.39 is 0 Å². The summed E-state index contributed by atoms with van der Waals surface area (Å²) in [6, 6.07) is 12.4. The lowest BCUT2D eigenvalue weighted by Gasteiger charge is -2.12. The van der Waals surface area contributed by atoms with Crippen molar-refractivity contribution in [3.05, 3.63) is 40.9 Å². The fourth-order valence-corrected chi connectivity index (χ4v) is 3.17. The first-order valence-electron chi connectivity index (χ1n) is 7.01. The Morgan fingerprint density at radius 2 is 2.05 bits per heavy atom. The van der Waals surface area contributed by atoms with Crippen molar-refractivity contribution in [3.63, 3.8) is 0 Å². The van der Waals surface area contributed by atoms with Crippen LogP contribution in [0.2, 0.25) is 0 Å². The van der Waals surface area contributed by atoms with E-state index in [1.165, 1.54) is 5.39 Å². The fraction of sp³-hybridized carbons (Fsp3) is 0.294. The maximum Gasteiger partial charge on any atom is 0.128 e. The SMILES string of the molecule is COc1cccc2c1c1ccc(Br)cc1n2C[C@H](C)CO. The largest absolute Gasteiger partial charge is 0.496 e. The first-order valence-corrected chi connectivity index (χ1v) is 7.80. The van der Waals surface area contributed by atoms with Gasteiger partial charge in [-0.05, 0) is 30.2 Å². The normalized spacial score (nSPS) is 13.0. The van der Waals surface area contributed by atoms with Crippen molar-refractivity contribution >= 4 is 37.7 Å². The molecular weight excluding hydrogens is 330 g/mol. The highest BCUT2D eigenvalue weighted by Gasteiger charge is 2.15. The van der Waals surface area contributed by atoms with Crippen LogP contribution in [0.25, 0.3) is 21.8 Å². The number of aliphatic hydroxyl groups is 1. The summed E-state index contributed by atoms with van der Waals surface area (Å²) in [7, 11) is 1.70. The molecule has 1 aromatic heterocycles. The number of fused-ring (bicyclic) bond motifs is 3. The minimum Gasteiger partial charge on any atom is -0.496 e. The molecule has 0 radical (unpaired) electrons. The maximum absolute atomic E-state index is 9.39. The topological polar surface area (TPSA) is 34.4 Å². The molecular formula is C17H18BrNO2. The van der Waals surface area contributed by atoms with Gasteiger partial charge in [0.15, 0.2) is 0 Å². The highest BCUT2D eigenvalue weighted by atomic mass is 79.9. The molecule has 0 aliphatic carbocycles. The van der Waals surface area contributed by atoms with E-state index in [4.69, 9.17) is 4.74 Å². The van der Waals surface area contributed by atoms with E-state index in [0.717, 1.165) is 33.2 Å². The van der Waals surface area contributed by atoms with Gasteiger partial charge in [0.2, 0.25) is 0 Å². The molecule has 1 N–H and O–H groups in total. The predicted octanol–water partition coefficient (Wildman–Crippen LogP) is 4.19. The zero-order valence-corrected chi connectivity index (χ0v) is 13.7. The van der Waals surface area contributed by atoms with Crippen molar-refractivity contribution in [1.29, 1.82) is 0 Å². The molecule has 4 heteroatoms. The average molecular weight is 348 g/mol. The number of aromatic nitrogens is 1. The number of hydrogen-bond acceptors (Lipinski definition) is 2. The molecule has 3 aromatic rings. The van der Waals surface area contributed by atoms with Gasteiger partial charge < -0.3 is 14.4 Å². The van der Waals surface area contributed by atoms with Crippen molar-refractivity contribution in [2.75, 3.05) is 13.7 Å². The van der Waals surface area contributed by atoms with Gasteiger partial charge in [-0.15, -0.1) is 0 Å². The molecule has 0 spiro atoms. The lowest BCUT2D eigenvalue weighted by atomic mass is 10.1. The third kappa shape index (κ3) is 2.43. The molecule has 1 atom stereocenters. The smallest absolute Gasteiger partial charge is 0.128 e. The van der Waals surface area contributed by atoms with Crippen molar-refractivity contribution in [2.24, 2.45) is 5.92 Å². The molecule has 0 amide bonds. The third-order valence-corrected chi connectivity index (χ3v) is 4.33. The molecule has 0 unspecified atom stereocenters. The van der Waals surface area contributed by atoms with Crippen LogP contribution < -0.4 is 4.74 Å². The fourth-order valence-electron chi connectivity index (χ4n) is 2.82. The van der Waals surface area contributed by atoms with Crippen LogP contribution >= 0.6 is 15.9 Å². The zero-order chi connectivity index (χ0) is 15.0. The van der Waals surface area contributed by atoms with Gasteiger partial charge in [0.05, 0.1) is 18.1 Å². The van der Waals surface area contributed by atoms with E-state index in [1.807, 2.05) is 18.2 Å². The first-order chi connectivity index (χ1) is 10.2. The number of benzene rings is 2. The zero-order valence-electron chi connectivity index (χ0n) is 12.1. The number of methoxy groups -OCH3 is 1. The van der Waals surface area contributed by atoms with E-state index in [2.05, 4.69) is 45.6 Å². The molecule has 1 heterocycles. The van der Waals surface area contributed by atoms with Gasteiger partial charge in [-0.1, -0.05) is 35.0 Å². The van der Waals surface area contributed by atoms with Gasteiger partial charge in [0.1, 0.15) is 5.75 Å². The minimum absolute atomic E-state index is 0.180. The summed E-state index contributed by atoms with van der Waals surface area (Å²) in [6.45, 7) is 3.01. The van der Waals surface area contributed by atoms with Crippen LogP contribution in [0.3, 0.4) is 0 Å². The van der Waals surface area contributed by atoms with Crippen molar-refractivity contribution in [2.45, 2.75) is 13.5 Å². The number of rotatable bonds is 4. The number of ether oxygens (including phenoxy) is 1. The van der Waals surface area contributed by atoms with Crippen molar-refractivity contribution in [3.8, 4) is 5.75 Å². The summed E-state index contributed by atoms with van der Waals surface area (Å²) in [5, 5.41) is 11.7. The second-order valence-corrected chi connectivity index (χ2v) is 6.33. The Morgan fingerprint density at radius 3 is 2.76 bits per heavy atom. The van der Waals surface area contributed by atoms with Crippen molar-refractivity contribution < 1.29 is 9.84 Å². The van der Waals surface area contributed by atoms with Crippen LogP contribution in [-0.4, -0.2) is 23.4 Å². The van der Waals surface area contributed by atoms with Gasteiger partial charge in [0, 0.05) is 28.4 Å². The highest BCUT2D eigenvalue weighted by molar-refractivity contribution is 9.10. The summed E-state index contributed by atoms with van der Waals surface area (Å²) in [4.78, 5) is 0. The van der Waals surface area contributed by atoms with Gasteiger partial charge >= 0.3 is 0 Å². The monoisotopic (exact) mass is 347 g/mol. The second kappa shape index (κ2) is 5.70. The lowest BCUT2D eigenvalue weighted by molar-refractivity contribution is 0.225. The van der Waals surface area contributed by atoms with Crippen LogP contribution in [0.15, 0.2) is 40.9 Å². The summed E-state index contributed by atoms with van der Waals surface area (Å²) in [5.74, 6) is 1.09. The minimum atomic E-state index is 0.180. The molecule has 110 valence electrons. The van der Waals surface area contributed by atoms with Gasteiger partial charge in [-0.3, -0.25) is 0 Å². The first kappa shape index (κ1) is 14.4. The Kier molecular flexibility index (Phi) is 3.91. The van der Waals surface area contributed by atoms with Crippen LogP contribution in [0.5, 0.6) is 5.75 Å². The Morgan fingerprint density at radius 1 is 1.24 bits per heavy atom. The molecule has 2 aromatic carbocycles. The van der Waals surface area contributed by atoms with Gasteiger partial charge in [-0.25, -0.2) is 0 Å². The van der Waals surface area contributed by atoms with E-state index in [-0.39, 0.29) is 12.5 Å². The lowest BCUT2D eigenvalue weighted by Crippen LogP contribution is -2.10. The maximum atomic E-state index is 9.39. The number of nitrogens with zero attached hydrogens (tertiary/aromatic N) is 1. The molecule has 0 bridgehead atoms. The average Bonchev–Trinajstić information content (AvgIpc) is 2.80. The molecule has 0 saturated carbocycles. The Labute approximate surface area is 132 Å². The Balaban J connectivity index is 2.38. The van der Waals surface area contributed by atoms with E-state index in [0.29, 0.717) is 0 Å². The number of hydrogen-bond donors (Lipinski definition) is 1. The quantitative estimate of drug-likeness (QED) is 0.767. The number of halogens is 1. The Bertz CT molecular complexity index is 794. The molecule has 21 heavy (non-hydrogen) atoms. The van der Waals surface area contributed by atoms with Crippen LogP contribution in [-0.2, 0) is 6.54 Å². The summed E-state index contributed by atoms with van der Waals surface area (Å²) >= 11 is 3.55. The van der Waals surface area contributed by atoms with Crippen LogP contribution in [0.4, 0.5) is 0 Å². The van der Waals surface area contributed by atoms with Crippen molar-refractivity contribution in [1.82, 2.24) is 4.57 Å². The summed E-state index contributed by atoms with van der Waals surface area (Å²) in [6.07, 6.45) is 0. The molecule has 3 rings (SSSR count). The van der Waals surface area contributed by atoms with Crippen LogP contribution in [0.1, 0.15) is 6.92 Å². The van der Waals surface area contributed by atoms with E-state index in [1.54, 1.807) is 7.11 Å². The highest BCUT2D eigenvalue weighted by Crippen LogP contribution is 2.37. The summed E-state index contributed by atoms with van der Waals surface area (Å²) in [5.41, 5.74) is 2.30.